The quantitative estimate of drug-likeness (QED) is 0.703. The fraction of sp³-hybridized carbons (Fsp3) is 0.333. The van der Waals surface area contributed by atoms with E-state index in [1.165, 1.54) is 12.1 Å². The van der Waals surface area contributed by atoms with Crippen molar-refractivity contribution in [1.82, 2.24) is 4.98 Å². The van der Waals surface area contributed by atoms with Gasteiger partial charge >= 0.3 is 5.97 Å². The molecule has 0 aliphatic carbocycles. The Morgan fingerprint density at radius 1 is 1.57 bits per heavy atom. The normalized spacial score (nSPS) is 10.3. The molecule has 5 heteroatoms. The second kappa shape index (κ2) is 4.64. The summed E-state index contributed by atoms with van der Waals surface area (Å²) >= 11 is 0. The lowest BCUT2D eigenvalue weighted by Gasteiger charge is -2.02. The molecule has 0 aliphatic heterocycles. The fourth-order valence-electron chi connectivity index (χ4n) is 0.892. The van der Waals surface area contributed by atoms with Crippen LogP contribution in [0, 0.1) is 0 Å². The van der Waals surface area contributed by atoms with Gasteiger partial charge in [0.25, 0.3) is 6.43 Å². The van der Waals surface area contributed by atoms with Crippen molar-refractivity contribution in [3.8, 4) is 0 Å². The number of aromatic nitrogens is 1. The molecule has 0 spiro atoms. The van der Waals surface area contributed by atoms with E-state index in [0.29, 0.717) is 0 Å². The van der Waals surface area contributed by atoms with Crippen LogP contribution in [0.15, 0.2) is 18.2 Å². The maximum atomic E-state index is 12.2. The number of alkyl halides is 2. The Morgan fingerprint density at radius 3 is 2.86 bits per heavy atom. The Bertz CT molecular complexity index is 328. The van der Waals surface area contributed by atoms with E-state index in [2.05, 4.69) is 9.72 Å². The summed E-state index contributed by atoms with van der Waals surface area (Å²) in [6.07, 6.45) is -2.68. The molecule has 3 nitrogen and oxygen atoms in total. The largest absolute Gasteiger partial charge is 0.461 e. The molecule has 0 amide bonds. The molecule has 0 radical (unpaired) electrons. The van der Waals surface area contributed by atoms with E-state index in [9.17, 15) is 13.6 Å². The van der Waals surface area contributed by atoms with Crippen LogP contribution < -0.4 is 0 Å². The standard InChI is InChI=1S/C9H9F2NO2/c1-2-14-9(13)7-5-3-4-6(12-7)8(10)11/h3-5,8H,2H2,1H3. The van der Waals surface area contributed by atoms with Gasteiger partial charge in [-0.2, -0.15) is 0 Å². The fourth-order valence-corrected chi connectivity index (χ4v) is 0.892. The number of esters is 1. The number of hydrogen-bond acceptors (Lipinski definition) is 3. The zero-order valence-electron chi connectivity index (χ0n) is 7.54. The van der Waals surface area contributed by atoms with E-state index >= 15 is 0 Å². The molecular weight excluding hydrogens is 192 g/mol. The molecule has 14 heavy (non-hydrogen) atoms. The summed E-state index contributed by atoms with van der Waals surface area (Å²) in [4.78, 5) is 14.6. The Morgan fingerprint density at radius 2 is 2.29 bits per heavy atom. The highest BCUT2D eigenvalue weighted by Gasteiger charge is 2.13. The Balaban J connectivity index is 2.88. The Labute approximate surface area is 79.7 Å². The smallest absolute Gasteiger partial charge is 0.356 e. The summed E-state index contributed by atoms with van der Waals surface area (Å²) in [5.74, 6) is -0.685. The second-order valence-corrected chi connectivity index (χ2v) is 2.47. The molecule has 1 rings (SSSR count). The minimum Gasteiger partial charge on any atom is -0.461 e. The van der Waals surface area contributed by atoms with Crippen LogP contribution in [0.3, 0.4) is 0 Å². The van der Waals surface area contributed by atoms with Crippen molar-refractivity contribution in [3.05, 3.63) is 29.6 Å². The zero-order valence-corrected chi connectivity index (χ0v) is 7.54. The van der Waals surface area contributed by atoms with Crippen molar-refractivity contribution in [2.75, 3.05) is 6.61 Å². The summed E-state index contributed by atoms with van der Waals surface area (Å²) in [6, 6.07) is 3.85. The van der Waals surface area contributed by atoms with E-state index in [1.807, 2.05) is 0 Å². The predicted octanol–water partition coefficient (Wildman–Crippen LogP) is 2.20. The van der Waals surface area contributed by atoms with Crippen LogP contribution >= 0.6 is 0 Å². The second-order valence-electron chi connectivity index (χ2n) is 2.47. The van der Waals surface area contributed by atoms with Crippen LogP contribution in [-0.2, 0) is 4.74 Å². The number of nitrogens with zero attached hydrogens (tertiary/aromatic N) is 1. The van der Waals surface area contributed by atoms with Gasteiger partial charge in [-0.1, -0.05) is 6.07 Å². The summed E-state index contributed by atoms with van der Waals surface area (Å²) in [5.41, 5.74) is -0.514. The molecule has 0 saturated carbocycles. The SMILES string of the molecule is CCOC(=O)c1cccc(C(F)F)n1. The number of hydrogen-bond donors (Lipinski definition) is 0. The first-order valence-corrected chi connectivity index (χ1v) is 4.07. The average molecular weight is 201 g/mol. The molecule has 1 aromatic rings. The first kappa shape index (κ1) is 10.6. The molecule has 0 aromatic carbocycles. The van der Waals surface area contributed by atoms with Gasteiger partial charge in [0.1, 0.15) is 11.4 Å². The van der Waals surface area contributed by atoms with E-state index in [1.54, 1.807) is 6.92 Å². The van der Waals surface area contributed by atoms with Crippen LogP contribution in [0.4, 0.5) is 8.78 Å². The summed E-state index contributed by atoms with van der Waals surface area (Å²) in [6.45, 7) is 1.83. The molecule has 0 unspecified atom stereocenters. The molecule has 0 aliphatic rings. The van der Waals surface area contributed by atoms with Gasteiger partial charge in [0.05, 0.1) is 6.61 Å². The van der Waals surface area contributed by atoms with Crippen LogP contribution in [0.5, 0.6) is 0 Å². The first-order chi connectivity index (χ1) is 6.65. The van der Waals surface area contributed by atoms with Crippen LogP contribution in [0.25, 0.3) is 0 Å². The van der Waals surface area contributed by atoms with Gasteiger partial charge in [-0.3, -0.25) is 0 Å². The first-order valence-electron chi connectivity index (χ1n) is 4.07. The van der Waals surface area contributed by atoms with Crippen molar-refractivity contribution in [2.24, 2.45) is 0 Å². The average Bonchev–Trinajstić information content (AvgIpc) is 2.18. The molecule has 0 saturated heterocycles. The molecular formula is C9H9F2NO2. The third kappa shape index (κ3) is 2.48. The molecule has 1 heterocycles. The lowest BCUT2D eigenvalue weighted by Crippen LogP contribution is -2.08. The monoisotopic (exact) mass is 201 g/mol. The highest BCUT2D eigenvalue weighted by atomic mass is 19.3. The van der Waals surface area contributed by atoms with Crippen molar-refractivity contribution >= 4 is 5.97 Å². The number of rotatable bonds is 3. The number of pyridine rings is 1. The van der Waals surface area contributed by atoms with Crippen LogP contribution in [0.1, 0.15) is 29.5 Å². The lowest BCUT2D eigenvalue weighted by molar-refractivity contribution is 0.0518. The molecule has 0 atom stereocenters. The number of carbonyl (C=O) groups excluding carboxylic acids is 1. The van der Waals surface area contributed by atoms with Gasteiger partial charge < -0.3 is 4.74 Å². The van der Waals surface area contributed by atoms with Gasteiger partial charge in [0.2, 0.25) is 0 Å². The number of carbonyl (C=O) groups is 1. The van der Waals surface area contributed by atoms with Gasteiger partial charge in [0.15, 0.2) is 0 Å². The highest BCUT2D eigenvalue weighted by Crippen LogP contribution is 2.16. The van der Waals surface area contributed by atoms with Crippen molar-refractivity contribution in [3.63, 3.8) is 0 Å². The van der Waals surface area contributed by atoms with E-state index in [-0.39, 0.29) is 12.3 Å². The molecule has 0 fully saturated rings. The maximum absolute atomic E-state index is 12.2. The summed E-state index contributed by atoms with van der Waals surface area (Å²) in [7, 11) is 0. The van der Waals surface area contributed by atoms with E-state index in [4.69, 9.17) is 0 Å². The molecule has 76 valence electrons. The molecule has 0 N–H and O–H groups in total. The maximum Gasteiger partial charge on any atom is 0.356 e. The van der Waals surface area contributed by atoms with Crippen molar-refractivity contribution in [1.29, 1.82) is 0 Å². The van der Waals surface area contributed by atoms with Gasteiger partial charge in [0, 0.05) is 0 Å². The van der Waals surface area contributed by atoms with Crippen molar-refractivity contribution in [2.45, 2.75) is 13.3 Å². The van der Waals surface area contributed by atoms with E-state index < -0.39 is 18.1 Å². The Hall–Kier alpha value is -1.52. The minimum atomic E-state index is -2.68. The predicted molar refractivity (Wildman–Crippen MR) is 45.2 cm³/mol. The number of ether oxygens (including phenoxy) is 1. The summed E-state index contributed by atoms with van der Waals surface area (Å²) in [5, 5.41) is 0. The number of halogens is 2. The van der Waals surface area contributed by atoms with Gasteiger partial charge in [-0.05, 0) is 19.1 Å². The third-order valence-electron chi connectivity index (χ3n) is 1.48. The summed E-state index contributed by atoms with van der Waals surface area (Å²) < 4.78 is 29.0. The third-order valence-corrected chi connectivity index (χ3v) is 1.48. The molecule has 0 bridgehead atoms. The zero-order chi connectivity index (χ0) is 10.6. The topological polar surface area (TPSA) is 39.2 Å². The highest BCUT2D eigenvalue weighted by molar-refractivity contribution is 5.87. The van der Waals surface area contributed by atoms with Crippen molar-refractivity contribution < 1.29 is 18.3 Å². The van der Waals surface area contributed by atoms with Crippen LogP contribution in [0.2, 0.25) is 0 Å². The van der Waals surface area contributed by atoms with E-state index in [0.717, 1.165) is 6.07 Å². The Kier molecular flexibility index (Phi) is 3.50. The minimum absolute atomic E-state index is 0.0929. The molecule has 1 aromatic heterocycles. The van der Waals surface area contributed by atoms with Gasteiger partial charge in [-0.25, -0.2) is 18.6 Å². The van der Waals surface area contributed by atoms with Gasteiger partial charge in [-0.15, -0.1) is 0 Å². The lowest BCUT2D eigenvalue weighted by atomic mass is 10.3. The van der Waals surface area contributed by atoms with Crippen LogP contribution in [-0.4, -0.2) is 17.6 Å².